The summed E-state index contributed by atoms with van der Waals surface area (Å²) in [6, 6.07) is 3.63. The molecule has 2 rings (SSSR count). The second-order valence-corrected chi connectivity index (χ2v) is 5.00. The topological polar surface area (TPSA) is 138 Å². The van der Waals surface area contributed by atoms with E-state index in [1.807, 2.05) is 0 Å². The molecule has 2 aromatic carbocycles. The molecule has 0 saturated carbocycles. The molecule has 0 radical (unpaired) electrons. The number of aromatic hydroxyl groups is 6. The van der Waals surface area contributed by atoms with Gasteiger partial charge < -0.3 is 30.6 Å². The summed E-state index contributed by atoms with van der Waals surface area (Å²) in [4.78, 5) is 12.5. The first kappa shape index (κ1) is 16.3. The third-order valence-corrected chi connectivity index (χ3v) is 3.48. The molecule has 6 N–H and O–H groups in total. The predicted molar refractivity (Wildman–Crippen MR) is 80.3 cm³/mol. The molecule has 0 heterocycles. The highest BCUT2D eigenvalue weighted by Gasteiger charge is 2.29. The zero-order valence-corrected chi connectivity index (χ0v) is 12.2. The summed E-state index contributed by atoms with van der Waals surface area (Å²) in [6.45, 7) is 1.76. The molecule has 0 spiro atoms. The summed E-state index contributed by atoms with van der Waals surface area (Å²) >= 11 is 0. The Balaban J connectivity index is 2.72. The lowest BCUT2D eigenvalue weighted by atomic mass is 9.95. The number of rotatable bonds is 4. The quantitative estimate of drug-likeness (QED) is 0.288. The van der Waals surface area contributed by atoms with Gasteiger partial charge in [0.1, 0.15) is 11.3 Å². The summed E-state index contributed by atoms with van der Waals surface area (Å²) in [5, 5.41) is 58.9. The lowest BCUT2D eigenvalue weighted by molar-refractivity contribution is 0.102. The van der Waals surface area contributed by atoms with E-state index in [9.17, 15) is 35.4 Å². The van der Waals surface area contributed by atoms with E-state index in [4.69, 9.17) is 0 Å². The van der Waals surface area contributed by atoms with Crippen molar-refractivity contribution in [1.82, 2.24) is 0 Å². The number of hydrogen-bond acceptors (Lipinski definition) is 7. The molecule has 2 aromatic rings. The van der Waals surface area contributed by atoms with Gasteiger partial charge in [-0.2, -0.15) is 0 Å². The molecule has 0 amide bonds. The van der Waals surface area contributed by atoms with E-state index < -0.39 is 45.8 Å². The Bertz CT molecular complexity index is 781. The normalized spacial score (nSPS) is 10.7. The van der Waals surface area contributed by atoms with E-state index in [1.54, 1.807) is 6.92 Å². The van der Waals surface area contributed by atoms with Gasteiger partial charge in [-0.05, 0) is 18.6 Å². The Morgan fingerprint density at radius 3 is 2.13 bits per heavy atom. The minimum Gasteiger partial charge on any atom is -0.507 e. The van der Waals surface area contributed by atoms with Crippen molar-refractivity contribution in [3.05, 3.63) is 34.9 Å². The molecule has 0 aliphatic rings. The third kappa shape index (κ3) is 2.57. The van der Waals surface area contributed by atoms with Crippen molar-refractivity contribution in [2.75, 3.05) is 0 Å². The van der Waals surface area contributed by atoms with Crippen LogP contribution < -0.4 is 0 Å². The first-order valence-electron chi connectivity index (χ1n) is 6.85. The highest BCUT2D eigenvalue weighted by molar-refractivity contribution is 6.15. The van der Waals surface area contributed by atoms with Crippen LogP contribution in [0.3, 0.4) is 0 Å². The fourth-order valence-electron chi connectivity index (χ4n) is 2.30. The maximum atomic E-state index is 12.5. The summed E-state index contributed by atoms with van der Waals surface area (Å²) in [6.07, 6.45) is 0.647. The van der Waals surface area contributed by atoms with Gasteiger partial charge in [0.2, 0.25) is 11.5 Å². The monoisotopic (exact) mass is 320 g/mol. The Labute approximate surface area is 131 Å². The minimum atomic E-state index is -1.01. The molecular weight excluding hydrogens is 304 g/mol. The standard InChI is InChI=1S/C16H16O7/c1-2-4-7-12(19)10(15(22)16(23)14(7)21)13(20)8-5-3-6-9(17)11(8)18/h3,5-6,17-19,21-23H,2,4H2,1H3. The Morgan fingerprint density at radius 1 is 0.870 bits per heavy atom. The van der Waals surface area contributed by atoms with E-state index in [0.29, 0.717) is 6.42 Å². The average molecular weight is 320 g/mol. The van der Waals surface area contributed by atoms with E-state index in [-0.39, 0.29) is 17.5 Å². The molecule has 0 fully saturated rings. The smallest absolute Gasteiger partial charge is 0.204 e. The van der Waals surface area contributed by atoms with Gasteiger partial charge in [0.05, 0.1) is 5.56 Å². The maximum absolute atomic E-state index is 12.5. The van der Waals surface area contributed by atoms with Crippen LogP contribution in [0.25, 0.3) is 0 Å². The van der Waals surface area contributed by atoms with Gasteiger partial charge in [0.25, 0.3) is 0 Å². The van der Waals surface area contributed by atoms with Gasteiger partial charge in [-0.1, -0.05) is 19.4 Å². The Morgan fingerprint density at radius 2 is 1.52 bits per heavy atom. The fourth-order valence-corrected chi connectivity index (χ4v) is 2.30. The van der Waals surface area contributed by atoms with Crippen LogP contribution in [-0.4, -0.2) is 36.4 Å². The number of carbonyl (C=O) groups excluding carboxylic acids is 1. The molecule has 122 valence electrons. The lowest BCUT2D eigenvalue weighted by Gasteiger charge is -2.15. The molecular formula is C16H16O7. The highest BCUT2D eigenvalue weighted by atomic mass is 16.3. The van der Waals surface area contributed by atoms with Crippen molar-refractivity contribution in [2.24, 2.45) is 0 Å². The predicted octanol–water partition coefficient (Wildman–Crippen LogP) is 2.10. The zero-order valence-electron chi connectivity index (χ0n) is 12.2. The number of ketones is 1. The van der Waals surface area contributed by atoms with Crippen LogP contribution in [0.4, 0.5) is 0 Å². The Kier molecular flexibility index (Phi) is 4.22. The van der Waals surface area contributed by atoms with Crippen LogP contribution in [0.15, 0.2) is 18.2 Å². The van der Waals surface area contributed by atoms with Gasteiger partial charge in [-0.15, -0.1) is 0 Å². The van der Waals surface area contributed by atoms with Crippen LogP contribution >= 0.6 is 0 Å². The lowest BCUT2D eigenvalue weighted by Crippen LogP contribution is -2.05. The van der Waals surface area contributed by atoms with Crippen molar-refractivity contribution in [1.29, 1.82) is 0 Å². The van der Waals surface area contributed by atoms with Crippen LogP contribution in [-0.2, 0) is 6.42 Å². The second kappa shape index (κ2) is 5.96. The first-order chi connectivity index (χ1) is 10.8. The molecule has 0 bridgehead atoms. The van der Waals surface area contributed by atoms with Gasteiger partial charge in [-0.3, -0.25) is 4.79 Å². The largest absolute Gasteiger partial charge is 0.507 e. The second-order valence-electron chi connectivity index (χ2n) is 5.00. The van der Waals surface area contributed by atoms with Gasteiger partial charge in [0, 0.05) is 5.56 Å². The Hall–Kier alpha value is -3.09. The van der Waals surface area contributed by atoms with Crippen LogP contribution in [0, 0.1) is 0 Å². The third-order valence-electron chi connectivity index (χ3n) is 3.48. The molecule has 0 aliphatic heterocycles. The van der Waals surface area contributed by atoms with Crippen LogP contribution in [0.5, 0.6) is 34.5 Å². The molecule has 7 nitrogen and oxygen atoms in total. The maximum Gasteiger partial charge on any atom is 0.204 e. The minimum absolute atomic E-state index is 0.0919. The van der Waals surface area contributed by atoms with Crippen molar-refractivity contribution < 1.29 is 35.4 Å². The number of phenols is 6. The molecule has 0 aromatic heterocycles. The number of phenolic OH excluding ortho intramolecular Hbond substituents is 6. The molecule has 0 saturated heterocycles. The molecule has 23 heavy (non-hydrogen) atoms. The van der Waals surface area contributed by atoms with Crippen molar-refractivity contribution >= 4 is 5.78 Å². The number of carbonyl (C=O) groups is 1. The summed E-state index contributed by atoms with van der Waals surface area (Å²) in [5.74, 6) is -5.62. The van der Waals surface area contributed by atoms with Crippen molar-refractivity contribution in [2.45, 2.75) is 19.8 Å². The van der Waals surface area contributed by atoms with E-state index in [1.165, 1.54) is 12.1 Å². The molecule has 0 atom stereocenters. The van der Waals surface area contributed by atoms with Gasteiger partial charge in [0.15, 0.2) is 23.0 Å². The number of benzene rings is 2. The molecule has 0 aliphatic carbocycles. The first-order valence-corrected chi connectivity index (χ1v) is 6.85. The van der Waals surface area contributed by atoms with E-state index >= 15 is 0 Å². The van der Waals surface area contributed by atoms with Gasteiger partial charge in [-0.25, -0.2) is 0 Å². The average Bonchev–Trinajstić information content (AvgIpc) is 2.52. The SMILES string of the molecule is CCCc1c(O)c(O)c(O)c(C(=O)c2cccc(O)c2O)c1O. The summed E-state index contributed by atoms with van der Waals surface area (Å²) in [5.41, 5.74) is -1.13. The number of para-hydroxylation sites is 1. The molecule has 0 unspecified atom stereocenters. The highest BCUT2D eigenvalue weighted by Crippen LogP contribution is 2.48. The van der Waals surface area contributed by atoms with E-state index in [2.05, 4.69) is 0 Å². The zero-order chi connectivity index (χ0) is 17.3. The van der Waals surface area contributed by atoms with Gasteiger partial charge >= 0.3 is 0 Å². The molecule has 7 heteroatoms. The fraction of sp³-hybridized carbons (Fsp3) is 0.188. The van der Waals surface area contributed by atoms with Crippen molar-refractivity contribution in [3.63, 3.8) is 0 Å². The van der Waals surface area contributed by atoms with Crippen molar-refractivity contribution in [3.8, 4) is 34.5 Å². The summed E-state index contributed by atoms with van der Waals surface area (Å²) in [7, 11) is 0. The van der Waals surface area contributed by atoms with E-state index in [0.717, 1.165) is 6.07 Å². The summed E-state index contributed by atoms with van der Waals surface area (Å²) < 4.78 is 0. The van der Waals surface area contributed by atoms with Crippen LogP contribution in [0.1, 0.15) is 34.8 Å². The number of hydrogen-bond donors (Lipinski definition) is 6. The van der Waals surface area contributed by atoms with Crippen LogP contribution in [0.2, 0.25) is 0 Å².